The number of nitrogens with one attached hydrogen (secondary N) is 1. The molecule has 0 aliphatic heterocycles. The van der Waals surface area contributed by atoms with Gasteiger partial charge in [-0.05, 0) is 64.6 Å². The van der Waals surface area contributed by atoms with Crippen molar-refractivity contribution < 1.29 is 9.66 Å². The summed E-state index contributed by atoms with van der Waals surface area (Å²) < 4.78 is 6.80. The van der Waals surface area contributed by atoms with E-state index in [1.807, 2.05) is 42.5 Å². The summed E-state index contributed by atoms with van der Waals surface area (Å²) in [5.74, 6) is 0.765. The van der Waals surface area contributed by atoms with Gasteiger partial charge in [-0.2, -0.15) is 5.10 Å². The molecule has 0 fully saturated rings. The second-order valence-electron chi connectivity index (χ2n) is 5.74. The first-order chi connectivity index (χ1) is 13.5. The van der Waals surface area contributed by atoms with Crippen LogP contribution in [0.25, 0.3) is 0 Å². The Morgan fingerprint density at radius 3 is 2.57 bits per heavy atom. The molecule has 142 valence electrons. The molecule has 0 atom stereocenters. The van der Waals surface area contributed by atoms with Crippen LogP contribution in [0.1, 0.15) is 11.1 Å². The molecule has 6 nitrogen and oxygen atoms in total. The van der Waals surface area contributed by atoms with Gasteiger partial charge in [-0.15, -0.1) is 0 Å². The number of ether oxygens (including phenoxy) is 1. The zero-order chi connectivity index (χ0) is 19.9. The number of non-ortho nitro benzene ring substituents is 1. The predicted octanol–water partition coefficient (Wildman–Crippen LogP) is 5.88. The fraction of sp³-hybridized carbons (Fsp3) is 0.0500. The van der Waals surface area contributed by atoms with Crippen molar-refractivity contribution >= 4 is 51.8 Å². The molecular formula is C20H15ClIN3O3. The summed E-state index contributed by atoms with van der Waals surface area (Å²) in [5.41, 5.74) is 5.37. The quantitative estimate of drug-likeness (QED) is 0.188. The van der Waals surface area contributed by atoms with Crippen molar-refractivity contribution in [2.75, 3.05) is 5.43 Å². The largest absolute Gasteiger partial charge is 0.488 e. The molecule has 0 aliphatic rings. The number of anilines is 1. The highest BCUT2D eigenvalue weighted by molar-refractivity contribution is 14.1. The summed E-state index contributed by atoms with van der Waals surface area (Å²) >= 11 is 8.35. The lowest BCUT2D eigenvalue weighted by Crippen LogP contribution is -1.98. The monoisotopic (exact) mass is 507 g/mol. The molecule has 0 saturated heterocycles. The lowest BCUT2D eigenvalue weighted by molar-refractivity contribution is -0.384. The third kappa shape index (κ3) is 5.43. The molecule has 0 aliphatic carbocycles. The summed E-state index contributed by atoms with van der Waals surface area (Å²) in [7, 11) is 0. The molecule has 0 amide bonds. The maximum absolute atomic E-state index is 10.7. The molecule has 3 aromatic carbocycles. The van der Waals surface area contributed by atoms with Crippen molar-refractivity contribution in [1.29, 1.82) is 0 Å². The summed E-state index contributed by atoms with van der Waals surface area (Å²) in [6.07, 6.45) is 1.67. The second-order valence-corrected chi connectivity index (χ2v) is 7.31. The van der Waals surface area contributed by atoms with Crippen molar-refractivity contribution in [3.05, 3.63) is 96.6 Å². The Balaban J connectivity index is 1.59. The first-order valence-corrected chi connectivity index (χ1v) is 9.68. The smallest absolute Gasteiger partial charge is 0.269 e. The predicted molar refractivity (Wildman–Crippen MR) is 119 cm³/mol. The number of halogens is 2. The van der Waals surface area contributed by atoms with Gasteiger partial charge in [0.15, 0.2) is 0 Å². The maximum atomic E-state index is 10.7. The Labute approximate surface area is 180 Å². The molecule has 28 heavy (non-hydrogen) atoms. The average molecular weight is 508 g/mol. The van der Waals surface area contributed by atoms with Crippen LogP contribution in [-0.4, -0.2) is 11.1 Å². The molecule has 8 heteroatoms. The van der Waals surface area contributed by atoms with Crippen LogP contribution in [0.15, 0.2) is 71.8 Å². The van der Waals surface area contributed by atoms with Gasteiger partial charge in [-0.25, -0.2) is 0 Å². The fourth-order valence-electron chi connectivity index (χ4n) is 2.32. The fourth-order valence-corrected chi connectivity index (χ4v) is 3.21. The Morgan fingerprint density at radius 1 is 1.14 bits per heavy atom. The molecule has 0 saturated carbocycles. The van der Waals surface area contributed by atoms with Crippen LogP contribution in [-0.2, 0) is 6.61 Å². The van der Waals surface area contributed by atoms with Gasteiger partial charge < -0.3 is 4.74 Å². The van der Waals surface area contributed by atoms with Crippen molar-refractivity contribution in [2.45, 2.75) is 6.61 Å². The summed E-state index contributed by atoms with van der Waals surface area (Å²) in [6, 6.07) is 19.3. The molecule has 3 aromatic rings. The van der Waals surface area contributed by atoms with Gasteiger partial charge in [0.2, 0.25) is 0 Å². The molecule has 0 bridgehead atoms. The van der Waals surface area contributed by atoms with E-state index < -0.39 is 4.92 Å². The summed E-state index contributed by atoms with van der Waals surface area (Å²) in [4.78, 5) is 10.2. The highest BCUT2D eigenvalue weighted by atomic mass is 127. The van der Waals surface area contributed by atoms with E-state index in [9.17, 15) is 10.1 Å². The Kier molecular flexibility index (Phi) is 6.83. The van der Waals surface area contributed by atoms with Crippen molar-refractivity contribution in [3.8, 4) is 5.75 Å². The van der Waals surface area contributed by atoms with Gasteiger partial charge in [0.05, 0.1) is 20.4 Å². The number of benzene rings is 3. The minimum atomic E-state index is -0.440. The van der Waals surface area contributed by atoms with Crippen LogP contribution in [0, 0.1) is 13.7 Å². The molecule has 0 unspecified atom stereocenters. The summed E-state index contributed by atoms with van der Waals surface area (Å²) in [5, 5.41) is 15.5. The number of hydrogen-bond acceptors (Lipinski definition) is 5. The average Bonchev–Trinajstić information content (AvgIpc) is 2.69. The molecule has 0 aromatic heterocycles. The van der Waals surface area contributed by atoms with Gasteiger partial charge in [0.1, 0.15) is 12.4 Å². The number of hydrogen-bond donors (Lipinski definition) is 1. The van der Waals surface area contributed by atoms with Gasteiger partial charge in [-0.1, -0.05) is 29.8 Å². The van der Waals surface area contributed by atoms with Crippen molar-refractivity contribution in [2.24, 2.45) is 5.10 Å². The normalized spacial score (nSPS) is 10.8. The first kappa shape index (κ1) is 20.1. The highest BCUT2D eigenvalue weighted by Gasteiger charge is 2.05. The van der Waals surface area contributed by atoms with E-state index in [-0.39, 0.29) is 5.69 Å². The van der Waals surface area contributed by atoms with Crippen LogP contribution in [0.2, 0.25) is 5.02 Å². The topological polar surface area (TPSA) is 76.8 Å². The molecular weight excluding hydrogens is 493 g/mol. The van der Waals surface area contributed by atoms with E-state index in [1.54, 1.807) is 18.3 Å². The van der Waals surface area contributed by atoms with Gasteiger partial charge >= 0.3 is 0 Å². The van der Waals surface area contributed by atoms with Gasteiger partial charge in [0.25, 0.3) is 5.69 Å². The molecule has 0 heterocycles. The number of nitrogens with zero attached hydrogens (tertiary/aromatic N) is 2. The minimum absolute atomic E-state index is 0.0384. The van der Waals surface area contributed by atoms with E-state index in [1.165, 1.54) is 12.1 Å². The molecule has 3 rings (SSSR count). The van der Waals surface area contributed by atoms with E-state index in [4.69, 9.17) is 16.3 Å². The molecule has 1 N–H and O–H groups in total. The Bertz CT molecular complexity index is 1010. The van der Waals surface area contributed by atoms with Crippen molar-refractivity contribution in [3.63, 3.8) is 0 Å². The SMILES string of the molecule is O=[N+]([O-])c1ccc(N/N=C/c2ccc(OCc3ccccc3Cl)c(I)c2)cc1. The van der Waals surface area contributed by atoms with Gasteiger partial charge in [-0.3, -0.25) is 15.5 Å². The minimum Gasteiger partial charge on any atom is -0.488 e. The standard InChI is InChI=1S/C20H15ClIN3O3/c21-18-4-2-1-3-15(18)13-28-20-10-5-14(11-19(20)22)12-23-24-16-6-8-17(9-7-16)25(26)27/h1-12,24H,13H2/b23-12+. The number of rotatable bonds is 7. The van der Waals surface area contributed by atoms with E-state index in [2.05, 4.69) is 33.1 Å². The summed E-state index contributed by atoms with van der Waals surface area (Å²) in [6.45, 7) is 0.394. The van der Waals surface area contributed by atoms with E-state index in [0.717, 1.165) is 20.4 Å². The van der Waals surface area contributed by atoms with E-state index in [0.29, 0.717) is 17.3 Å². The Morgan fingerprint density at radius 2 is 1.89 bits per heavy atom. The lowest BCUT2D eigenvalue weighted by atomic mass is 10.2. The number of hydrazone groups is 1. The van der Waals surface area contributed by atoms with Crippen LogP contribution in [0.3, 0.4) is 0 Å². The van der Waals surface area contributed by atoms with Crippen LogP contribution in [0.5, 0.6) is 5.75 Å². The Hall–Kier alpha value is -2.65. The number of nitro benzene ring substituents is 1. The van der Waals surface area contributed by atoms with Crippen LogP contribution in [0.4, 0.5) is 11.4 Å². The third-order valence-corrected chi connectivity index (χ3v) is 4.99. The lowest BCUT2D eigenvalue weighted by Gasteiger charge is -2.10. The van der Waals surface area contributed by atoms with Crippen LogP contribution < -0.4 is 10.2 Å². The maximum Gasteiger partial charge on any atom is 0.269 e. The second kappa shape index (κ2) is 9.52. The zero-order valence-corrected chi connectivity index (χ0v) is 17.4. The molecule has 0 radical (unpaired) electrons. The van der Waals surface area contributed by atoms with Crippen molar-refractivity contribution in [1.82, 2.24) is 0 Å². The third-order valence-electron chi connectivity index (χ3n) is 3.78. The number of nitro groups is 1. The first-order valence-electron chi connectivity index (χ1n) is 8.22. The highest BCUT2D eigenvalue weighted by Crippen LogP contribution is 2.24. The van der Waals surface area contributed by atoms with Gasteiger partial charge in [0, 0.05) is 22.7 Å². The molecule has 0 spiro atoms. The zero-order valence-electron chi connectivity index (χ0n) is 14.5. The van der Waals surface area contributed by atoms with Crippen LogP contribution >= 0.6 is 34.2 Å². The van der Waals surface area contributed by atoms with E-state index >= 15 is 0 Å².